The predicted molar refractivity (Wildman–Crippen MR) is 122 cm³/mol. The molecule has 13 heteroatoms. The van der Waals surface area contributed by atoms with Crippen LogP contribution < -0.4 is 5.32 Å². The number of carbonyl (C=O) groups excluding carboxylic acids is 5. The maximum Gasteiger partial charge on any atom is 0.303 e. The molecule has 12 nitrogen and oxygen atoms in total. The molecule has 1 fully saturated rings. The van der Waals surface area contributed by atoms with Crippen LogP contribution in [0.3, 0.4) is 0 Å². The highest BCUT2D eigenvalue weighted by Gasteiger charge is 2.53. The lowest BCUT2D eigenvalue weighted by Gasteiger charge is -2.46. The molecular formula is C23H32ClNO11. The molecule has 1 aliphatic carbocycles. The van der Waals surface area contributed by atoms with Crippen LogP contribution in [0.15, 0.2) is 11.1 Å². The molecule has 2 rings (SSSR count). The fourth-order valence-electron chi connectivity index (χ4n) is 4.57. The lowest BCUT2D eigenvalue weighted by Crippen LogP contribution is -2.62. The summed E-state index contributed by atoms with van der Waals surface area (Å²) < 4.78 is 27.6. The first-order valence-electron chi connectivity index (χ1n) is 11.4. The van der Waals surface area contributed by atoms with Crippen LogP contribution in [0.25, 0.3) is 0 Å². The lowest BCUT2D eigenvalue weighted by molar-refractivity contribution is -0.247. The molecule has 0 radical (unpaired) electrons. The van der Waals surface area contributed by atoms with Crippen molar-refractivity contribution >= 4 is 41.4 Å². The predicted octanol–water partition coefficient (Wildman–Crippen LogP) is 0.509. The van der Waals surface area contributed by atoms with Gasteiger partial charge in [0.1, 0.15) is 12.2 Å². The second-order valence-corrected chi connectivity index (χ2v) is 9.23. The Morgan fingerprint density at radius 3 is 1.83 bits per heavy atom. The fraction of sp³-hybridized carbons (Fsp3) is 0.696. The van der Waals surface area contributed by atoms with Gasteiger partial charge in [-0.1, -0.05) is 11.6 Å². The molecule has 2 N–H and O–H groups in total. The highest BCUT2D eigenvalue weighted by molar-refractivity contribution is 6.30. The second kappa shape index (κ2) is 12.5. The molecular weight excluding hydrogens is 502 g/mol. The molecule has 9 atom stereocenters. The van der Waals surface area contributed by atoms with E-state index in [9.17, 15) is 29.1 Å². The molecule has 1 heterocycles. The number of esters is 4. The first-order valence-corrected chi connectivity index (χ1v) is 11.8. The average molecular weight is 534 g/mol. The van der Waals surface area contributed by atoms with Crippen LogP contribution in [-0.4, -0.2) is 83.7 Å². The Morgan fingerprint density at radius 1 is 0.861 bits per heavy atom. The Kier molecular flexibility index (Phi) is 10.3. The van der Waals surface area contributed by atoms with Gasteiger partial charge in [-0.05, 0) is 19.4 Å². The van der Waals surface area contributed by atoms with E-state index < -0.39 is 84.5 Å². The van der Waals surface area contributed by atoms with Gasteiger partial charge in [-0.3, -0.25) is 24.0 Å². The molecule has 0 spiro atoms. The summed E-state index contributed by atoms with van der Waals surface area (Å²) in [6.07, 6.45) is -6.54. The summed E-state index contributed by atoms with van der Waals surface area (Å²) in [4.78, 5) is 59.3. The fourth-order valence-corrected chi connectivity index (χ4v) is 4.83. The summed E-state index contributed by atoms with van der Waals surface area (Å²) in [6.45, 7) is 7.50. The molecule has 0 aromatic rings. The summed E-state index contributed by atoms with van der Waals surface area (Å²) in [6, 6.07) is -0.794. The normalized spacial score (nSPS) is 34.0. The van der Waals surface area contributed by atoms with Crippen molar-refractivity contribution in [2.75, 3.05) is 0 Å². The average Bonchev–Trinajstić information content (AvgIpc) is 2.72. The molecule has 0 bridgehead atoms. The van der Waals surface area contributed by atoms with Crippen LogP contribution in [0.1, 0.15) is 48.0 Å². The van der Waals surface area contributed by atoms with Crippen molar-refractivity contribution < 1.29 is 52.8 Å². The number of halogens is 1. The highest BCUT2D eigenvalue weighted by atomic mass is 35.5. The maximum atomic E-state index is 12.0. The highest BCUT2D eigenvalue weighted by Crippen LogP contribution is 2.37. The maximum absolute atomic E-state index is 12.0. The van der Waals surface area contributed by atoms with Crippen molar-refractivity contribution in [3.63, 3.8) is 0 Å². The standard InChI is InChI=1S/C23H32ClNO11/c1-9-20(33-11(3)27)23(36-14(6)30)22(35-13(5)29)18(32-9)7-15-17(25-10(2)26)8-16(24)19(31)21(15)34-12(4)28/h8-9,15,17-23,31H,7H2,1-6H3,(H,25,26)/t9-,15+,17-,18-,19+,20+,21+,22+,23+/m0/s1. The van der Waals surface area contributed by atoms with E-state index in [1.54, 1.807) is 6.92 Å². The molecule has 0 aromatic carbocycles. The first-order chi connectivity index (χ1) is 16.7. The zero-order valence-electron chi connectivity index (χ0n) is 20.9. The van der Waals surface area contributed by atoms with Gasteiger partial charge in [0.25, 0.3) is 0 Å². The van der Waals surface area contributed by atoms with Gasteiger partial charge >= 0.3 is 23.9 Å². The van der Waals surface area contributed by atoms with Crippen molar-refractivity contribution in [2.24, 2.45) is 5.92 Å². The number of carbonyl (C=O) groups is 5. The molecule has 1 amide bonds. The van der Waals surface area contributed by atoms with Crippen molar-refractivity contribution in [1.82, 2.24) is 5.32 Å². The topological polar surface area (TPSA) is 164 Å². The van der Waals surface area contributed by atoms with Gasteiger partial charge in [-0.15, -0.1) is 0 Å². The number of hydrogen-bond donors (Lipinski definition) is 2. The molecule has 1 aliphatic heterocycles. The van der Waals surface area contributed by atoms with Crippen LogP contribution in [0.2, 0.25) is 0 Å². The summed E-state index contributed by atoms with van der Waals surface area (Å²) in [7, 11) is 0. The van der Waals surface area contributed by atoms with Crippen LogP contribution in [-0.2, 0) is 47.7 Å². The number of aliphatic hydroxyl groups excluding tert-OH is 1. The van der Waals surface area contributed by atoms with Gasteiger partial charge in [0.15, 0.2) is 18.3 Å². The van der Waals surface area contributed by atoms with Crippen LogP contribution in [0, 0.1) is 5.92 Å². The number of nitrogens with one attached hydrogen (secondary N) is 1. The monoisotopic (exact) mass is 533 g/mol. The minimum absolute atomic E-state index is 0.0292. The SMILES string of the molecule is CC(=O)N[C@H]1C=C(Cl)[C@@H](O)[C@H](OC(C)=O)[C@@H]1C[C@@H]1O[C@@H](C)[C@@H](OC(C)=O)[C@@H](OC(C)=O)[C@@H]1OC(C)=O. The van der Waals surface area contributed by atoms with Crippen molar-refractivity contribution in [3.05, 3.63) is 11.1 Å². The zero-order valence-corrected chi connectivity index (χ0v) is 21.6. The van der Waals surface area contributed by atoms with E-state index in [0.29, 0.717) is 0 Å². The molecule has 1 saturated heterocycles. The third-order valence-electron chi connectivity index (χ3n) is 5.76. The minimum Gasteiger partial charge on any atom is -0.459 e. The second-order valence-electron chi connectivity index (χ2n) is 8.80. The van der Waals surface area contributed by atoms with E-state index in [-0.39, 0.29) is 11.5 Å². The Morgan fingerprint density at radius 2 is 1.33 bits per heavy atom. The molecule has 202 valence electrons. The molecule has 0 aromatic heterocycles. The molecule has 36 heavy (non-hydrogen) atoms. The number of ether oxygens (including phenoxy) is 5. The molecule has 2 aliphatic rings. The van der Waals surface area contributed by atoms with Crippen LogP contribution in [0.5, 0.6) is 0 Å². The third-order valence-corrected chi connectivity index (χ3v) is 6.11. The molecule has 0 saturated carbocycles. The number of hydrogen-bond acceptors (Lipinski definition) is 11. The Hall–Kier alpha value is -2.70. The lowest BCUT2D eigenvalue weighted by atomic mass is 9.78. The van der Waals surface area contributed by atoms with Gasteiger partial charge in [0.2, 0.25) is 5.91 Å². The van der Waals surface area contributed by atoms with Crippen molar-refractivity contribution in [3.8, 4) is 0 Å². The minimum atomic E-state index is -1.39. The largest absolute Gasteiger partial charge is 0.459 e. The smallest absolute Gasteiger partial charge is 0.303 e. The van der Waals surface area contributed by atoms with Gasteiger partial charge < -0.3 is 34.1 Å². The van der Waals surface area contributed by atoms with Gasteiger partial charge in [0.05, 0.1) is 18.2 Å². The van der Waals surface area contributed by atoms with E-state index >= 15 is 0 Å². The quantitative estimate of drug-likeness (QED) is 0.346. The van der Waals surface area contributed by atoms with Gasteiger partial charge in [0, 0.05) is 45.6 Å². The van der Waals surface area contributed by atoms with Gasteiger partial charge in [-0.25, -0.2) is 0 Å². The van der Waals surface area contributed by atoms with E-state index in [0.717, 1.165) is 20.8 Å². The summed E-state index contributed by atoms with van der Waals surface area (Å²) in [5.41, 5.74) is 0. The van der Waals surface area contributed by atoms with E-state index in [4.69, 9.17) is 35.3 Å². The van der Waals surface area contributed by atoms with Crippen LogP contribution in [0.4, 0.5) is 0 Å². The first kappa shape index (κ1) is 29.5. The molecule has 0 unspecified atom stereocenters. The summed E-state index contributed by atoms with van der Waals surface area (Å²) in [5.74, 6) is -4.00. The van der Waals surface area contributed by atoms with E-state index in [1.165, 1.54) is 19.9 Å². The summed E-state index contributed by atoms with van der Waals surface area (Å²) >= 11 is 6.16. The number of rotatable bonds is 7. The zero-order chi connectivity index (χ0) is 27.3. The van der Waals surface area contributed by atoms with Gasteiger partial charge in [-0.2, -0.15) is 0 Å². The van der Waals surface area contributed by atoms with E-state index in [2.05, 4.69) is 5.32 Å². The number of aliphatic hydroxyl groups is 1. The Bertz CT molecular complexity index is 906. The Labute approximate surface area is 213 Å². The van der Waals surface area contributed by atoms with Crippen LogP contribution >= 0.6 is 11.6 Å². The number of amides is 1. The van der Waals surface area contributed by atoms with Crippen molar-refractivity contribution in [2.45, 2.75) is 96.7 Å². The Balaban J connectivity index is 2.51. The van der Waals surface area contributed by atoms with E-state index in [1.807, 2.05) is 0 Å². The third kappa shape index (κ3) is 7.65. The summed E-state index contributed by atoms with van der Waals surface area (Å²) in [5, 5.41) is 13.3. The van der Waals surface area contributed by atoms with Crippen molar-refractivity contribution in [1.29, 1.82) is 0 Å².